The molecule has 1 heterocycles. The average Bonchev–Trinajstić information content (AvgIpc) is 3.27. The Morgan fingerprint density at radius 2 is 1.41 bits per heavy atom. The SMILES string of the molecule is NC1=C(n2cc(COC3=CC(=O)c4ccccc4C3=O)nn2)C(=O)c2ccccc2C1=O. The van der Waals surface area contributed by atoms with E-state index in [2.05, 4.69) is 10.3 Å². The van der Waals surface area contributed by atoms with Gasteiger partial charge in [0.2, 0.25) is 17.3 Å². The summed E-state index contributed by atoms with van der Waals surface area (Å²) in [7, 11) is 0. The van der Waals surface area contributed by atoms with Crippen LogP contribution < -0.4 is 5.73 Å². The highest BCUT2D eigenvalue weighted by molar-refractivity contribution is 6.37. The van der Waals surface area contributed by atoms with Gasteiger partial charge in [0.15, 0.2) is 11.5 Å². The molecule has 156 valence electrons. The molecule has 3 aromatic rings. The molecule has 0 spiro atoms. The summed E-state index contributed by atoms with van der Waals surface area (Å²) >= 11 is 0. The molecule has 9 heteroatoms. The molecule has 2 N–H and O–H groups in total. The van der Waals surface area contributed by atoms with Gasteiger partial charge in [0.25, 0.3) is 0 Å². The first-order chi connectivity index (χ1) is 15.5. The van der Waals surface area contributed by atoms with Gasteiger partial charge in [0, 0.05) is 28.3 Å². The fourth-order valence-electron chi connectivity index (χ4n) is 3.63. The van der Waals surface area contributed by atoms with Gasteiger partial charge in [-0.25, -0.2) is 4.68 Å². The van der Waals surface area contributed by atoms with Gasteiger partial charge in [0.1, 0.15) is 23.7 Å². The van der Waals surface area contributed by atoms with Crippen molar-refractivity contribution in [1.29, 1.82) is 0 Å². The van der Waals surface area contributed by atoms with Crippen LogP contribution in [0.25, 0.3) is 5.70 Å². The number of aromatic nitrogens is 3. The first-order valence-corrected chi connectivity index (χ1v) is 9.58. The van der Waals surface area contributed by atoms with Crippen LogP contribution in [-0.4, -0.2) is 38.1 Å². The fourth-order valence-corrected chi connectivity index (χ4v) is 3.63. The topological polar surface area (TPSA) is 134 Å². The highest BCUT2D eigenvalue weighted by Gasteiger charge is 2.32. The predicted octanol–water partition coefficient (Wildman–Crippen LogP) is 1.96. The molecule has 32 heavy (non-hydrogen) atoms. The number of allylic oxidation sites excluding steroid dienone is 4. The number of hydrogen-bond acceptors (Lipinski definition) is 8. The van der Waals surface area contributed by atoms with E-state index in [4.69, 9.17) is 10.5 Å². The van der Waals surface area contributed by atoms with E-state index in [0.29, 0.717) is 5.56 Å². The lowest BCUT2D eigenvalue weighted by Gasteiger charge is -2.17. The van der Waals surface area contributed by atoms with Crippen molar-refractivity contribution in [3.8, 4) is 0 Å². The van der Waals surface area contributed by atoms with Crippen LogP contribution in [0.3, 0.4) is 0 Å². The maximum absolute atomic E-state index is 12.9. The highest BCUT2D eigenvalue weighted by atomic mass is 16.5. The summed E-state index contributed by atoms with van der Waals surface area (Å²) in [6.07, 6.45) is 2.51. The lowest BCUT2D eigenvalue weighted by molar-refractivity contribution is 0.0867. The molecule has 0 unspecified atom stereocenters. The van der Waals surface area contributed by atoms with Crippen molar-refractivity contribution in [2.24, 2.45) is 5.73 Å². The van der Waals surface area contributed by atoms with Gasteiger partial charge >= 0.3 is 0 Å². The Kier molecular flexibility index (Phi) is 4.37. The van der Waals surface area contributed by atoms with Gasteiger partial charge in [-0.05, 0) is 0 Å². The smallest absolute Gasteiger partial charge is 0.228 e. The third-order valence-electron chi connectivity index (χ3n) is 5.20. The first-order valence-electron chi connectivity index (χ1n) is 9.58. The maximum atomic E-state index is 12.9. The lowest BCUT2D eigenvalue weighted by Crippen LogP contribution is -2.28. The molecule has 0 saturated heterocycles. The van der Waals surface area contributed by atoms with Crippen molar-refractivity contribution in [3.63, 3.8) is 0 Å². The van der Waals surface area contributed by atoms with E-state index in [1.54, 1.807) is 42.5 Å². The van der Waals surface area contributed by atoms with E-state index in [1.807, 2.05) is 0 Å². The van der Waals surface area contributed by atoms with E-state index in [0.717, 1.165) is 10.8 Å². The van der Waals surface area contributed by atoms with E-state index in [9.17, 15) is 19.2 Å². The number of nitrogens with two attached hydrogens (primary N) is 1. The van der Waals surface area contributed by atoms with Gasteiger partial charge in [-0.3, -0.25) is 19.2 Å². The minimum atomic E-state index is -0.473. The van der Waals surface area contributed by atoms with Gasteiger partial charge in [-0.2, -0.15) is 0 Å². The van der Waals surface area contributed by atoms with Crippen LogP contribution >= 0.6 is 0 Å². The normalized spacial score (nSPS) is 15.4. The molecule has 0 fully saturated rings. The predicted molar refractivity (Wildman–Crippen MR) is 111 cm³/mol. The van der Waals surface area contributed by atoms with Crippen LogP contribution in [0.4, 0.5) is 0 Å². The Morgan fingerprint density at radius 3 is 2.09 bits per heavy atom. The summed E-state index contributed by atoms with van der Waals surface area (Å²) in [4.78, 5) is 50.3. The second-order valence-corrected chi connectivity index (χ2v) is 7.16. The van der Waals surface area contributed by atoms with Crippen LogP contribution in [0, 0.1) is 0 Å². The van der Waals surface area contributed by atoms with E-state index < -0.39 is 17.3 Å². The molecule has 0 saturated carbocycles. The van der Waals surface area contributed by atoms with E-state index in [-0.39, 0.29) is 51.9 Å². The third-order valence-corrected chi connectivity index (χ3v) is 5.20. The summed E-state index contributed by atoms with van der Waals surface area (Å²) in [5, 5.41) is 7.81. The van der Waals surface area contributed by atoms with Crippen molar-refractivity contribution >= 4 is 28.8 Å². The number of nitrogens with zero attached hydrogens (tertiary/aromatic N) is 3. The molecular weight excluding hydrogens is 412 g/mol. The maximum Gasteiger partial charge on any atom is 0.228 e. The van der Waals surface area contributed by atoms with Crippen LogP contribution in [-0.2, 0) is 11.3 Å². The minimum Gasteiger partial charge on any atom is -0.483 e. The molecule has 0 amide bonds. The fraction of sp³-hybridized carbons (Fsp3) is 0.0435. The largest absolute Gasteiger partial charge is 0.483 e. The Bertz CT molecular complexity index is 1410. The minimum absolute atomic E-state index is 0.107. The molecule has 0 aliphatic heterocycles. The highest BCUT2D eigenvalue weighted by Crippen LogP contribution is 2.27. The second-order valence-electron chi connectivity index (χ2n) is 7.16. The average molecular weight is 426 g/mol. The zero-order valence-electron chi connectivity index (χ0n) is 16.4. The summed E-state index contributed by atoms with van der Waals surface area (Å²) in [6, 6.07) is 12.9. The second kappa shape index (κ2) is 7.24. The molecule has 2 aromatic carbocycles. The summed E-state index contributed by atoms with van der Waals surface area (Å²) < 4.78 is 6.63. The summed E-state index contributed by atoms with van der Waals surface area (Å²) in [5.74, 6) is -1.79. The van der Waals surface area contributed by atoms with Crippen molar-refractivity contribution in [3.05, 3.63) is 100 Å². The summed E-state index contributed by atoms with van der Waals surface area (Å²) in [5.41, 5.74) is 6.90. The molecule has 0 radical (unpaired) electrons. The number of carbonyl (C=O) groups excluding carboxylic acids is 4. The van der Waals surface area contributed by atoms with E-state index in [1.165, 1.54) is 12.3 Å². The number of ketones is 4. The zero-order valence-corrected chi connectivity index (χ0v) is 16.4. The number of fused-ring (bicyclic) bond motifs is 2. The van der Waals surface area contributed by atoms with Crippen LogP contribution in [0.1, 0.15) is 47.1 Å². The Balaban J connectivity index is 1.38. The Labute approximate surface area is 180 Å². The zero-order chi connectivity index (χ0) is 22.4. The first kappa shape index (κ1) is 19.3. The van der Waals surface area contributed by atoms with Gasteiger partial charge in [-0.1, -0.05) is 53.7 Å². The summed E-state index contributed by atoms with van der Waals surface area (Å²) in [6.45, 7) is -0.182. The van der Waals surface area contributed by atoms with Gasteiger partial charge < -0.3 is 10.5 Å². The number of rotatable bonds is 4. The number of hydrogen-bond donors (Lipinski definition) is 1. The van der Waals surface area contributed by atoms with Gasteiger partial charge in [-0.15, -0.1) is 5.10 Å². The molecule has 2 aliphatic carbocycles. The Hall–Kier alpha value is -4.66. The van der Waals surface area contributed by atoms with Crippen molar-refractivity contribution in [1.82, 2.24) is 15.0 Å². The monoisotopic (exact) mass is 426 g/mol. The van der Waals surface area contributed by atoms with Crippen molar-refractivity contribution in [2.45, 2.75) is 6.61 Å². The Morgan fingerprint density at radius 1 is 0.812 bits per heavy atom. The molecule has 9 nitrogen and oxygen atoms in total. The van der Waals surface area contributed by atoms with E-state index >= 15 is 0 Å². The van der Waals surface area contributed by atoms with Crippen molar-refractivity contribution in [2.75, 3.05) is 0 Å². The van der Waals surface area contributed by atoms with Crippen LogP contribution in [0.15, 0.2) is 72.3 Å². The quantitative estimate of drug-likeness (QED) is 0.669. The number of ether oxygens (including phenoxy) is 1. The standard InChI is InChI=1S/C23H14N4O5/c24-19-20(23(31)16-8-4-3-7-15(16)22(19)30)27-10-12(25-26-27)11-32-18-9-17(28)13-5-1-2-6-14(13)21(18)29/h1-10H,11,24H2. The molecule has 2 aliphatic rings. The molecule has 0 bridgehead atoms. The molecule has 1 aromatic heterocycles. The number of carbonyl (C=O) groups is 4. The number of Topliss-reactive ketones (excluding diaryl/α,β-unsaturated/α-hetero) is 3. The van der Waals surface area contributed by atoms with Crippen LogP contribution in [0.5, 0.6) is 0 Å². The molecule has 5 rings (SSSR count). The number of benzene rings is 2. The van der Waals surface area contributed by atoms with Crippen LogP contribution in [0.2, 0.25) is 0 Å². The molecule has 0 atom stereocenters. The lowest BCUT2D eigenvalue weighted by atomic mass is 9.90. The van der Waals surface area contributed by atoms with Gasteiger partial charge in [0.05, 0.1) is 6.20 Å². The molecular formula is C23H14N4O5. The third kappa shape index (κ3) is 2.95. The van der Waals surface area contributed by atoms with Crippen molar-refractivity contribution < 1.29 is 23.9 Å².